The number of aromatic nitrogens is 1. The molecule has 1 saturated carbocycles. The Bertz CT molecular complexity index is 636. The number of hydrogen-bond acceptors (Lipinski definition) is 2. The molecular formula is C15H13ClN2O. The molecule has 0 aliphatic heterocycles. The normalized spacial score (nSPS) is 16.1. The smallest absolute Gasteiger partial charge is 0.228 e. The highest BCUT2D eigenvalue weighted by Crippen LogP contribution is 2.48. The Morgan fingerprint density at radius 3 is 2.47 bits per heavy atom. The number of carbonyl (C=O) groups is 1. The van der Waals surface area contributed by atoms with Crippen LogP contribution in [0, 0.1) is 0 Å². The summed E-state index contributed by atoms with van der Waals surface area (Å²) in [6.45, 7) is 0. The van der Waals surface area contributed by atoms with Gasteiger partial charge in [-0.15, -0.1) is 0 Å². The number of halogens is 1. The highest BCUT2D eigenvalue weighted by atomic mass is 35.5. The van der Waals surface area contributed by atoms with Crippen LogP contribution >= 0.6 is 11.6 Å². The summed E-state index contributed by atoms with van der Waals surface area (Å²) in [5.41, 5.74) is 7.43. The Morgan fingerprint density at radius 1 is 1.26 bits per heavy atom. The van der Waals surface area contributed by atoms with Crippen molar-refractivity contribution in [3.05, 3.63) is 53.2 Å². The molecule has 3 nitrogen and oxygen atoms in total. The molecule has 0 bridgehead atoms. The highest BCUT2D eigenvalue weighted by molar-refractivity contribution is 6.33. The van der Waals surface area contributed by atoms with E-state index in [0.717, 1.165) is 29.7 Å². The second-order valence-corrected chi connectivity index (χ2v) is 5.27. The van der Waals surface area contributed by atoms with E-state index in [4.69, 9.17) is 17.3 Å². The van der Waals surface area contributed by atoms with Crippen LogP contribution in [0.4, 0.5) is 0 Å². The first-order valence-corrected chi connectivity index (χ1v) is 6.53. The summed E-state index contributed by atoms with van der Waals surface area (Å²) < 4.78 is 0. The van der Waals surface area contributed by atoms with Crippen LogP contribution in [0.2, 0.25) is 5.02 Å². The van der Waals surface area contributed by atoms with Gasteiger partial charge in [0.15, 0.2) is 0 Å². The summed E-state index contributed by atoms with van der Waals surface area (Å²) in [4.78, 5) is 15.9. The minimum Gasteiger partial charge on any atom is -0.369 e. The summed E-state index contributed by atoms with van der Waals surface area (Å²) in [7, 11) is 0. The van der Waals surface area contributed by atoms with E-state index in [1.165, 1.54) is 0 Å². The molecule has 1 aliphatic rings. The third kappa shape index (κ3) is 2.00. The topological polar surface area (TPSA) is 56.0 Å². The second kappa shape index (κ2) is 4.35. The van der Waals surface area contributed by atoms with Gasteiger partial charge in [0.25, 0.3) is 0 Å². The minimum atomic E-state index is -0.536. The number of hydrogen-bond donors (Lipinski definition) is 1. The lowest BCUT2D eigenvalue weighted by Gasteiger charge is -2.12. The Kier molecular flexibility index (Phi) is 2.79. The summed E-state index contributed by atoms with van der Waals surface area (Å²) in [6.07, 6.45) is 3.28. The molecule has 1 heterocycles. The summed E-state index contributed by atoms with van der Waals surface area (Å²) >= 11 is 6.29. The van der Waals surface area contributed by atoms with Crippen molar-refractivity contribution in [2.45, 2.75) is 18.3 Å². The Labute approximate surface area is 116 Å². The van der Waals surface area contributed by atoms with Crippen LogP contribution in [-0.4, -0.2) is 10.9 Å². The predicted octanol–water partition coefficient (Wildman–Crippen LogP) is 2.92. The van der Waals surface area contributed by atoms with Crippen molar-refractivity contribution in [2.24, 2.45) is 5.73 Å². The first-order chi connectivity index (χ1) is 9.13. The van der Waals surface area contributed by atoms with E-state index < -0.39 is 5.41 Å². The lowest BCUT2D eigenvalue weighted by atomic mass is 9.96. The second-order valence-electron chi connectivity index (χ2n) is 4.87. The zero-order valence-corrected chi connectivity index (χ0v) is 11.0. The van der Waals surface area contributed by atoms with Crippen molar-refractivity contribution in [1.82, 2.24) is 4.98 Å². The maximum Gasteiger partial charge on any atom is 0.228 e. The molecular weight excluding hydrogens is 260 g/mol. The van der Waals surface area contributed by atoms with Crippen molar-refractivity contribution in [2.75, 3.05) is 0 Å². The van der Waals surface area contributed by atoms with E-state index in [-0.39, 0.29) is 5.91 Å². The van der Waals surface area contributed by atoms with Gasteiger partial charge in [0, 0.05) is 11.8 Å². The van der Waals surface area contributed by atoms with E-state index >= 15 is 0 Å². The molecule has 2 N–H and O–H groups in total. The van der Waals surface area contributed by atoms with Crippen molar-refractivity contribution in [1.29, 1.82) is 0 Å². The van der Waals surface area contributed by atoms with Gasteiger partial charge in [-0.05, 0) is 24.5 Å². The zero-order valence-electron chi connectivity index (χ0n) is 10.3. The van der Waals surface area contributed by atoms with E-state index in [2.05, 4.69) is 4.98 Å². The Morgan fingerprint density at radius 2 is 1.95 bits per heavy atom. The number of benzene rings is 1. The minimum absolute atomic E-state index is 0.294. The maximum atomic E-state index is 11.5. The third-order valence-electron chi connectivity index (χ3n) is 3.66. The zero-order chi connectivity index (χ0) is 13.5. The predicted molar refractivity (Wildman–Crippen MR) is 74.8 cm³/mol. The van der Waals surface area contributed by atoms with Crippen LogP contribution in [0.15, 0.2) is 42.6 Å². The van der Waals surface area contributed by atoms with Crippen LogP contribution in [0.5, 0.6) is 0 Å². The molecule has 0 unspecified atom stereocenters. The van der Waals surface area contributed by atoms with Crippen LogP contribution in [0.3, 0.4) is 0 Å². The molecule has 1 aromatic heterocycles. The van der Waals surface area contributed by atoms with Gasteiger partial charge in [0.1, 0.15) is 0 Å². The summed E-state index contributed by atoms with van der Waals surface area (Å²) in [6, 6.07) is 11.5. The largest absolute Gasteiger partial charge is 0.369 e. The summed E-state index contributed by atoms with van der Waals surface area (Å²) in [5, 5.41) is 0.552. The fraction of sp³-hybridized carbons (Fsp3) is 0.200. The van der Waals surface area contributed by atoms with Gasteiger partial charge in [-0.25, -0.2) is 0 Å². The van der Waals surface area contributed by atoms with Gasteiger partial charge in [-0.3, -0.25) is 9.78 Å². The molecule has 2 aromatic rings. The van der Waals surface area contributed by atoms with Crippen LogP contribution in [0.25, 0.3) is 11.3 Å². The first-order valence-electron chi connectivity index (χ1n) is 6.15. The van der Waals surface area contributed by atoms with E-state index in [9.17, 15) is 4.79 Å². The lowest BCUT2D eigenvalue weighted by molar-refractivity contribution is -0.120. The van der Waals surface area contributed by atoms with Crippen molar-refractivity contribution in [3.8, 4) is 11.3 Å². The molecule has 96 valence electrons. The van der Waals surface area contributed by atoms with Gasteiger partial charge in [-0.1, -0.05) is 41.9 Å². The number of pyridine rings is 1. The molecule has 0 spiro atoms. The number of amides is 1. The summed E-state index contributed by atoms with van der Waals surface area (Å²) in [5.74, 6) is -0.294. The molecule has 1 aliphatic carbocycles. The first kappa shape index (κ1) is 12.2. The van der Waals surface area contributed by atoms with Gasteiger partial charge in [0.05, 0.1) is 16.1 Å². The number of rotatable bonds is 3. The molecule has 4 heteroatoms. The SMILES string of the molecule is NC(=O)C1(c2cnc(-c3ccccc3)c(Cl)c2)CC1. The molecule has 0 atom stereocenters. The molecule has 0 saturated heterocycles. The van der Waals surface area contributed by atoms with Crippen LogP contribution in [0.1, 0.15) is 18.4 Å². The van der Waals surface area contributed by atoms with Crippen molar-refractivity contribution >= 4 is 17.5 Å². The molecule has 1 fully saturated rings. The van der Waals surface area contributed by atoms with E-state index in [1.807, 2.05) is 36.4 Å². The standard InChI is InChI=1S/C15H13ClN2O/c16-12-8-11(15(6-7-15)14(17)19)9-18-13(12)10-4-2-1-3-5-10/h1-5,8-9H,6-7H2,(H2,17,19). The van der Waals surface area contributed by atoms with E-state index in [0.29, 0.717) is 5.02 Å². The van der Waals surface area contributed by atoms with E-state index in [1.54, 1.807) is 6.20 Å². The van der Waals surface area contributed by atoms with Crippen molar-refractivity contribution in [3.63, 3.8) is 0 Å². The fourth-order valence-electron chi connectivity index (χ4n) is 2.31. The number of nitrogens with zero attached hydrogens (tertiary/aromatic N) is 1. The van der Waals surface area contributed by atoms with Crippen LogP contribution < -0.4 is 5.73 Å². The van der Waals surface area contributed by atoms with Gasteiger partial charge in [0.2, 0.25) is 5.91 Å². The van der Waals surface area contributed by atoms with Crippen molar-refractivity contribution < 1.29 is 4.79 Å². The number of primary amides is 1. The quantitative estimate of drug-likeness (QED) is 0.934. The monoisotopic (exact) mass is 272 g/mol. The molecule has 19 heavy (non-hydrogen) atoms. The van der Waals surface area contributed by atoms with Gasteiger partial charge in [-0.2, -0.15) is 0 Å². The highest BCUT2D eigenvalue weighted by Gasteiger charge is 2.50. The third-order valence-corrected chi connectivity index (χ3v) is 3.95. The average molecular weight is 273 g/mol. The van der Waals surface area contributed by atoms with Gasteiger partial charge < -0.3 is 5.73 Å². The Hall–Kier alpha value is -1.87. The molecule has 3 rings (SSSR count). The van der Waals surface area contributed by atoms with Gasteiger partial charge >= 0.3 is 0 Å². The van der Waals surface area contributed by atoms with Crippen LogP contribution in [-0.2, 0) is 10.2 Å². The molecule has 1 aromatic carbocycles. The average Bonchev–Trinajstić information content (AvgIpc) is 3.21. The number of nitrogens with two attached hydrogens (primary N) is 1. The number of carbonyl (C=O) groups excluding carboxylic acids is 1. The molecule has 1 amide bonds. The Balaban J connectivity index is 2.02. The molecule has 0 radical (unpaired) electrons. The fourth-order valence-corrected chi connectivity index (χ4v) is 2.59. The maximum absolute atomic E-state index is 11.5. The lowest BCUT2D eigenvalue weighted by Crippen LogP contribution is -2.28.